The molecule has 0 atom stereocenters. The Bertz CT molecular complexity index is 475. The molecule has 0 radical (unpaired) electrons. The number of rotatable bonds is 1. The lowest BCUT2D eigenvalue weighted by atomic mass is 10.0. The summed E-state index contributed by atoms with van der Waals surface area (Å²) in [6, 6.07) is 10.2. The summed E-state index contributed by atoms with van der Waals surface area (Å²) in [5.41, 5.74) is 14.3. The molecule has 0 amide bonds. The predicted molar refractivity (Wildman–Crippen MR) is 62.2 cm³/mol. The molecule has 0 saturated carbocycles. The molecule has 2 aromatic rings. The van der Waals surface area contributed by atoms with Gasteiger partial charge in [-0.15, -0.1) is 0 Å². The molecule has 0 unspecified atom stereocenters. The second-order valence-electron chi connectivity index (χ2n) is 3.48. The van der Waals surface area contributed by atoms with Gasteiger partial charge in [-0.1, -0.05) is 31.2 Å². The van der Waals surface area contributed by atoms with Crippen LogP contribution in [0.5, 0.6) is 0 Å². The van der Waals surface area contributed by atoms with E-state index in [9.17, 15) is 0 Å². The minimum absolute atomic E-state index is 0.654. The van der Waals surface area contributed by atoms with E-state index in [0.717, 1.165) is 17.2 Å². The second-order valence-corrected chi connectivity index (χ2v) is 3.48. The Morgan fingerprint density at radius 2 is 1.86 bits per heavy atom. The van der Waals surface area contributed by atoms with Crippen LogP contribution in [0, 0.1) is 0 Å². The number of nitrogens with two attached hydrogens (primary N) is 2. The van der Waals surface area contributed by atoms with E-state index in [1.807, 2.05) is 18.2 Å². The molecule has 0 bridgehead atoms. The first-order chi connectivity index (χ1) is 6.72. The van der Waals surface area contributed by atoms with E-state index < -0.39 is 0 Å². The number of benzene rings is 2. The van der Waals surface area contributed by atoms with Crippen molar-refractivity contribution in [2.45, 2.75) is 13.3 Å². The number of anilines is 2. The van der Waals surface area contributed by atoms with Gasteiger partial charge in [0.05, 0.1) is 11.4 Å². The Hall–Kier alpha value is -1.70. The fourth-order valence-electron chi connectivity index (χ4n) is 1.64. The van der Waals surface area contributed by atoms with Crippen LogP contribution in [0.2, 0.25) is 0 Å². The molecule has 0 fully saturated rings. The molecule has 0 spiro atoms. The van der Waals surface area contributed by atoms with Gasteiger partial charge in [0, 0.05) is 5.39 Å². The monoisotopic (exact) mass is 186 g/mol. The summed E-state index contributed by atoms with van der Waals surface area (Å²) in [6.45, 7) is 2.14. The number of aryl methyl sites for hydroxylation is 1. The van der Waals surface area contributed by atoms with Gasteiger partial charge >= 0.3 is 0 Å². The lowest BCUT2D eigenvalue weighted by Crippen LogP contribution is -1.95. The average Bonchev–Trinajstić information content (AvgIpc) is 2.23. The molecule has 0 aliphatic rings. The molecule has 4 N–H and O–H groups in total. The van der Waals surface area contributed by atoms with Gasteiger partial charge in [-0.25, -0.2) is 0 Å². The minimum Gasteiger partial charge on any atom is -0.397 e. The van der Waals surface area contributed by atoms with Crippen LogP contribution >= 0.6 is 0 Å². The van der Waals surface area contributed by atoms with Crippen LogP contribution in [0.3, 0.4) is 0 Å². The van der Waals surface area contributed by atoms with Crippen molar-refractivity contribution >= 4 is 22.1 Å². The van der Waals surface area contributed by atoms with Crippen molar-refractivity contribution in [3.63, 3.8) is 0 Å². The molecular weight excluding hydrogens is 172 g/mol. The highest BCUT2D eigenvalue weighted by atomic mass is 14.7. The summed E-state index contributed by atoms with van der Waals surface area (Å²) in [7, 11) is 0. The average molecular weight is 186 g/mol. The summed E-state index contributed by atoms with van der Waals surface area (Å²) in [5.74, 6) is 0. The first-order valence-electron chi connectivity index (χ1n) is 4.79. The highest BCUT2D eigenvalue weighted by Crippen LogP contribution is 2.27. The predicted octanol–water partition coefficient (Wildman–Crippen LogP) is 2.57. The van der Waals surface area contributed by atoms with Gasteiger partial charge < -0.3 is 11.5 Å². The Balaban J connectivity index is 2.74. The fourth-order valence-corrected chi connectivity index (χ4v) is 1.64. The fraction of sp³-hybridized carbons (Fsp3) is 0.167. The van der Waals surface area contributed by atoms with Gasteiger partial charge in [0.25, 0.3) is 0 Å². The van der Waals surface area contributed by atoms with E-state index in [2.05, 4.69) is 19.1 Å². The van der Waals surface area contributed by atoms with Crippen LogP contribution in [-0.4, -0.2) is 0 Å². The third kappa shape index (κ3) is 1.29. The van der Waals surface area contributed by atoms with Crippen molar-refractivity contribution in [3.05, 3.63) is 35.9 Å². The molecule has 0 heterocycles. The van der Waals surface area contributed by atoms with Crippen molar-refractivity contribution in [1.29, 1.82) is 0 Å². The van der Waals surface area contributed by atoms with Crippen LogP contribution < -0.4 is 11.5 Å². The third-order valence-electron chi connectivity index (χ3n) is 2.57. The zero-order valence-corrected chi connectivity index (χ0v) is 8.25. The maximum Gasteiger partial charge on any atom is 0.0627 e. The summed E-state index contributed by atoms with van der Waals surface area (Å²) in [4.78, 5) is 0. The summed E-state index contributed by atoms with van der Waals surface area (Å²) in [5, 5.41) is 2.21. The van der Waals surface area contributed by atoms with E-state index >= 15 is 0 Å². The summed E-state index contributed by atoms with van der Waals surface area (Å²) < 4.78 is 0. The summed E-state index contributed by atoms with van der Waals surface area (Å²) >= 11 is 0. The second kappa shape index (κ2) is 3.22. The molecule has 0 saturated heterocycles. The molecular formula is C12H14N2. The third-order valence-corrected chi connectivity index (χ3v) is 2.57. The maximum absolute atomic E-state index is 5.88. The standard InChI is InChI=1S/C12H14N2/c1-2-8-3-5-10-9(7-8)4-6-11(13)12(10)14/h3-7H,2,13-14H2,1H3. The van der Waals surface area contributed by atoms with Gasteiger partial charge in [0.2, 0.25) is 0 Å². The SMILES string of the molecule is CCc1ccc2c(N)c(N)ccc2c1. The summed E-state index contributed by atoms with van der Waals surface area (Å²) in [6.07, 6.45) is 1.04. The largest absolute Gasteiger partial charge is 0.397 e. The minimum atomic E-state index is 0.654. The van der Waals surface area contributed by atoms with Crippen molar-refractivity contribution in [3.8, 4) is 0 Å². The van der Waals surface area contributed by atoms with Crippen molar-refractivity contribution in [2.24, 2.45) is 0 Å². The molecule has 2 nitrogen and oxygen atoms in total. The van der Waals surface area contributed by atoms with Gasteiger partial charge in [-0.2, -0.15) is 0 Å². The number of nitrogen functional groups attached to an aromatic ring is 2. The lowest BCUT2D eigenvalue weighted by Gasteiger charge is -2.06. The van der Waals surface area contributed by atoms with E-state index in [-0.39, 0.29) is 0 Å². The number of hydrogen-bond acceptors (Lipinski definition) is 2. The smallest absolute Gasteiger partial charge is 0.0627 e. The zero-order chi connectivity index (χ0) is 10.1. The van der Waals surface area contributed by atoms with Crippen LogP contribution in [0.25, 0.3) is 10.8 Å². The maximum atomic E-state index is 5.88. The van der Waals surface area contributed by atoms with Crippen molar-refractivity contribution in [1.82, 2.24) is 0 Å². The van der Waals surface area contributed by atoms with E-state index in [0.29, 0.717) is 11.4 Å². The van der Waals surface area contributed by atoms with Gasteiger partial charge in [-0.3, -0.25) is 0 Å². The lowest BCUT2D eigenvalue weighted by molar-refractivity contribution is 1.15. The molecule has 0 aliphatic carbocycles. The van der Waals surface area contributed by atoms with Crippen LogP contribution in [0.4, 0.5) is 11.4 Å². The van der Waals surface area contributed by atoms with Crippen molar-refractivity contribution < 1.29 is 0 Å². The van der Waals surface area contributed by atoms with Gasteiger partial charge in [0.1, 0.15) is 0 Å². The van der Waals surface area contributed by atoms with E-state index in [4.69, 9.17) is 11.5 Å². The highest BCUT2D eigenvalue weighted by Gasteiger charge is 2.01. The molecule has 2 aromatic carbocycles. The first-order valence-corrected chi connectivity index (χ1v) is 4.79. The normalized spacial score (nSPS) is 10.6. The zero-order valence-electron chi connectivity index (χ0n) is 8.25. The first kappa shape index (κ1) is 8.88. The molecule has 2 heteroatoms. The Kier molecular flexibility index (Phi) is 2.04. The Morgan fingerprint density at radius 1 is 1.07 bits per heavy atom. The van der Waals surface area contributed by atoms with Crippen LogP contribution in [0.1, 0.15) is 12.5 Å². The van der Waals surface area contributed by atoms with Crippen molar-refractivity contribution in [2.75, 3.05) is 11.5 Å². The topological polar surface area (TPSA) is 52.0 Å². The Labute approximate surface area is 83.5 Å². The number of fused-ring (bicyclic) bond motifs is 1. The van der Waals surface area contributed by atoms with Crippen LogP contribution in [-0.2, 0) is 6.42 Å². The quantitative estimate of drug-likeness (QED) is 0.672. The number of hydrogen-bond donors (Lipinski definition) is 2. The Morgan fingerprint density at radius 3 is 2.57 bits per heavy atom. The molecule has 0 aromatic heterocycles. The highest BCUT2D eigenvalue weighted by molar-refractivity contribution is 5.98. The molecule has 14 heavy (non-hydrogen) atoms. The van der Waals surface area contributed by atoms with E-state index in [1.54, 1.807) is 0 Å². The van der Waals surface area contributed by atoms with E-state index in [1.165, 1.54) is 5.56 Å². The molecule has 72 valence electrons. The van der Waals surface area contributed by atoms with Crippen LogP contribution in [0.15, 0.2) is 30.3 Å². The molecule has 0 aliphatic heterocycles. The molecule has 2 rings (SSSR count). The van der Waals surface area contributed by atoms with Gasteiger partial charge in [-0.05, 0) is 23.4 Å². The van der Waals surface area contributed by atoms with Gasteiger partial charge in [0.15, 0.2) is 0 Å².